The number of hydrogen-bond acceptors (Lipinski definition) is 6. The Morgan fingerprint density at radius 1 is 1.53 bits per heavy atom. The standard InChI is InChI=1S/C11H15N3O2S/c1-8-11(17-7-13-8)2-3-15-6-10-4-9(5-12)14-16-10/h4,7H,2-3,5-6,12H2,1H3. The molecule has 0 bridgehead atoms. The molecule has 92 valence electrons. The van der Waals surface area contributed by atoms with E-state index in [1.807, 2.05) is 18.5 Å². The number of aryl methyl sites for hydroxylation is 1. The van der Waals surface area contributed by atoms with Crippen LogP contribution in [0.1, 0.15) is 22.0 Å². The Hall–Kier alpha value is -1.24. The van der Waals surface area contributed by atoms with Crippen molar-refractivity contribution in [1.82, 2.24) is 10.1 Å². The minimum absolute atomic E-state index is 0.392. The summed E-state index contributed by atoms with van der Waals surface area (Å²) < 4.78 is 10.6. The fourth-order valence-electron chi connectivity index (χ4n) is 1.42. The summed E-state index contributed by atoms with van der Waals surface area (Å²) >= 11 is 1.66. The lowest BCUT2D eigenvalue weighted by Gasteiger charge is -2.00. The highest BCUT2D eigenvalue weighted by Crippen LogP contribution is 2.13. The normalized spacial score (nSPS) is 10.9. The molecular formula is C11H15N3O2S. The number of nitrogens with zero attached hydrogens (tertiary/aromatic N) is 2. The van der Waals surface area contributed by atoms with Crippen molar-refractivity contribution >= 4 is 11.3 Å². The molecule has 2 heterocycles. The van der Waals surface area contributed by atoms with Crippen LogP contribution in [0.5, 0.6) is 0 Å². The highest BCUT2D eigenvalue weighted by atomic mass is 32.1. The molecule has 0 atom stereocenters. The molecule has 0 aliphatic heterocycles. The van der Waals surface area contributed by atoms with Crippen LogP contribution in [-0.4, -0.2) is 16.7 Å². The molecule has 0 spiro atoms. The Morgan fingerprint density at radius 3 is 3.06 bits per heavy atom. The second-order valence-electron chi connectivity index (χ2n) is 3.65. The first-order chi connectivity index (χ1) is 8.29. The van der Waals surface area contributed by atoms with Gasteiger partial charge in [-0.3, -0.25) is 0 Å². The van der Waals surface area contributed by atoms with E-state index < -0.39 is 0 Å². The van der Waals surface area contributed by atoms with E-state index in [0.717, 1.165) is 17.8 Å². The third-order valence-electron chi connectivity index (χ3n) is 2.38. The minimum atomic E-state index is 0.392. The summed E-state index contributed by atoms with van der Waals surface area (Å²) in [6.45, 7) is 3.49. The summed E-state index contributed by atoms with van der Waals surface area (Å²) in [5, 5.41) is 3.79. The van der Waals surface area contributed by atoms with Crippen molar-refractivity contribution in [3.63, 3.8) is 0 Å². The Kier molecular flexibility index (Phi) is 4.24. The lowest BCUT2D eigenvalue weighted by atomic mass is 10.3. The van der Waals surface area contributed by atoms with Crippen LogP contribution >= 0.6 is 11.3 Å². The van der Waals surface area contributed by atoms with Gasteiger partial charge in [0.05, 0.1) is 23.5 Å². The zero-order valence-electron chi connectivity index (χ0n) is 9.68. The van der Waals surface area contributed by atoms with E-state index in [1.54, 1.807) is 11.3 Å². The van der Waals surface area contributed by atoms with Gasteiger partial charge in [-0.2, -0.15) is 0 Å². The fourth-order valence-corrected chi connectivity index (χ4v) is 2.19. The number of aromatic nitrogens is 2. The summed E-state index contributed by atoms with van der Waals surface area (Å²) in [7, 11) is 0. The molecule has 5 nitrogen and oxygen atoms in total. The van der Waals surface area contributed by atoms with E-state index in [2.05, 4.69) is 10.1 Å². The Labute approximate surface area is 104 Å². The summed E-state index contributed by atoms with van der Waals surface area (Å²) in [4.78, 5) is 5.46. The molecule has 0 amide bonds. The molecule has 0 unspecified atom stereocenters. The zero-order chi connectivity index (χ0) is 12.1. The first-order valence-corrected chi connectivity index (χ1v) is 6.29. The predicted molar refractivity (Wildman–Crippen MR) is 64.6 cm³/mol. The molecule has 6 heteroatoms. The van der Waals surface area contributed by atoms with Crippen molar-refractivity contribution in [1.29, 1.82) is 0 Å². The third-order valence-corrected chi connectivity index (χ3v) is 3.37. The van der Waals surface area contributed by atoms with Crippen LogP contribution in [-0.2, 0) is 24.3 Å². The maximum Gasteiger partial charge on any atom is 0.162 e. The third kappa shape index (κ3) is 3.36. The van der Waals surface area contributed by atoms with Crippen molar-refractivity contribution in [2.75, 3.05) is 6.61 Å². The minimum Gasteiger partial charge on any atom is -0.373 e. The maximum absolute atomic E-state index is 5.51. The van der Waals surface area contributed by atoms with Gasteiger partial charge in [-0.05, 0) is 6.92 Å². The lowest BCUT2D eigenvalue weighted by molar-refractivity contribution is 0.104. The Balaban J connectivity index is 1.71. The van der Waals surface area contributed by atoms with Gasteiger partial charge in [-0.1, -0.05) is 5.16 Å². The highest BCUT2D eigenvalue weighted by Gasteiger charge is 2.04. The van der Waals surface area contributed by atoms with E-state index >= 15 is 0 Å². The van der Waals surface area contributed by atoms with Gasteiger partial charge in [0.15, 0.2) is 5.76 Å². The predicted octanol–water partition coefficient (Wildman–Crippen LogP) is 1.66. The summed E-state index contributed by atoms with van der Waals surface area (Å²) in [5.74, 6) is 0.714. The Bertz CT molecular complexity index is 467. The van der Waals surface area contributed by atoms with Crippen molar-refractivity contribution in [2.45, 2.75) is 26.5 Å². The first kappa shape index (κ1) is 12.2. The molecule has 17 heavy (non-hydrogen) atoms. The molecule has 0 radical (unpaired) electrons. The molecule has 2 aromatic rings. The Morgan fingerprint density at radius 2 is 2.41 bits per heavy atom. The number of rotatable bonds is 6. The van der Waals surface area contributed by atoms with Gasteiger partial charge >= 0.3 is 0 Å². The van der Waals surface area contributed by atoms with Gasteiger partial charge in [0.25, 0.3) is 0 Å². The van der Waals surface area contributed by atoms with Gasteiger partial charge in [0.2, 0.25) is 0 Å². The number of thiazole rings is 1. The van der Waals surface area contributed by atoms with Crippen LogP contribution in [0, 0.1) is 6.92 Å². The quantitative estimate of drug-likeness (QED) is 0.792. The van der Waals surface area contributed by atoms with Crippen LogP contribution in [0.3, 0.4) is 0 Å². The molecule has 0 aromatic carbocycles. The molecule has 0 aliphatic rings. The van der Waals surface area contributed by atoms with Gasteiger partial charge in [0.1, 0.15) is 6.61 Å². The molecule has 2 N–H and O–H groups in total. The fraction of sp³-hybridized carbons (Fsp3) is 0.455. The SMILES string of the molecule is Cc1ncsc1CCOCc1cc(CN)no1. The van der Waals surface area contributed by atoms with Crippen molar-refractivity contribution in [3.05, 3.63) is 33.6 Å². The first-order valence-electron chi connectivity index (χ1n) is 5.41. The monoisotopic (exact) mass is 253 g/mol. The molecule has 2 aromatic heterocycles. The molecule has 0 saturated heterocycles. The molecule has 0 fully saturated rings. The van der Waals surface area contributed by atoms with Gasteiger partial charge in [0, 0.05) is 23.9 Å². The average molecular weight is 253 g/mol. The molecule has 2 rings (SSSR count). The van der Waals surface area contributed by atoms with Crippen molar-refractivity contribution < 1.29 is 9.26 Å². The molecule has 0 saturated carbocycles. The van der Waals surface area contributed by atoms with Crippen LogP contribution in [0.4, 0.5) is 0 Å². The smallest absolute Gasteiger partial charge is 0.162 e. The van der Waals surface area contributed by atoms with Crippen LogP contribution in [0.15, 0.2) is 16.1 Å². The van der Waals surface area contributed by atoms with Crippen LogP contribution < -0.4 is 5.73 Å². The van der Waals surface area contributed by atoms with Gasteiger partial charge in [-0.25, -0.2) is 4.98 Å². The largest absolute Gasteiger partial charge is 0.373 e. The topological polar surface area (TPSA) is 74.2 Å². The van der Waals surface area contributed by atoms with Crippen molar-refractivity contribution in [2.24, 2.45) is 5.73 Å². The molecular weight excluding hydrogens is 238 g/mol. The van der Waals surface area contributed by atoms with E-state index in [-0.39, 0.29) is 0 Å². The number of nitrogens with two attached hydrogens (primary N) is 1. The molecule has 0 aliphatic carbocycles. The second kappa shape index (κ2) is 5.90. The number of ether oxygens (including phenoxy) is 1. The zero-order valence-corrected chi connectivity index (χ0v) is 10.5. The summed E-state index contributed by atoms with van der Waals surface area (Å²) in [6.07, 6.45) is 0.883. The van der Waals surface area contributed by atoms with E-state index in [1.165, 1.54) is 4.88 Å². The van der Waals surface area contributed by atoms with Crippen LogP contribution in [0.2, 0.25) is 0 Å². The summed E-state index contributed by atoms with van der Waals surface area (Å²) in [5.41, 5.74) is 9.12. The maximum atomic E-state index is 5.51. The van der Waals surface area contributed by atoms with E-state index in [4.69, 9.17) is 15.0 Å². The van der Waals surface area contributed by atoms with Gasteiger partial charge in [-0.15, -0.1) is 11.3 Å². The van der Waals surface area contributed by atoms with E-state index in [9.17, 15) is 0 Å². The van der Waals surface area contributed by atoms with Gasteiger partial charge < -0.3 is 15.0 Å². The average Bonchev–Trinajstić information content (AvgIpc) is 2.94. The number of hydrogen-bond donors (Lipinski definition) is 1. The summed E-state index contributed by atoms with van der Waals surface area (Å²) in [6, 6.07) is 1.82. The van der Waals surface area contributed by atoms with Crippen LogP contribution in [0.25, 0.3) is 0 Å². The second-order valence-corrected chi connectivity index (χ2v) is 4.59. The van der Waals surface area contributed by atoms with E-state index in [0.29, 0.717) is 25.5 Å². The highest BCUT2D eigenvalue weighted by molar-refractivity contribution is 7.09. The lowest BCUT2D eigenvalue weighted by Crippen LogP contribution is -1.98. The van der Waals surface area contributed by atoms with Crippen molar-refractivity contribution in [3.8, 4) is 0 Å².